The second kappa shape index (κ2) is 11.0. The van der Waals surface area contributed by atoms with Gasteiger partial charge in [-0.05, 0) is 60.6 Å². The second-order valence-electron chi connectivity index (χ2n) is 7.83. The molecule has 0 aromatic heterocycles. The zero-order valence-corrected chi connectivity index (χ0v) is 23.0. The van der Waals surface area contributed by atoms with E-state index < -0.39 is 11.8 Å². The number of carbonyl (C=O) groups excluding carboxylic acids is 2. The van der Waals surface area contributed by atoms with Crippen molar-refractivity contribution in [2.45, 2.75) is 13.5 Å². The van der Waals surface area contributed by atoms with Crippen molar-refractivity contribution in [3.8, 4) is 11.5 Å². The Balaban J connectivity index is 1.67. The van der Waals surface area contributed by atoms with Gasteiger partial charge in [0.2, 0.25) is 0 Å². The molecule has 1 aliphatic heterocycles. The van der Waals surface area contributed by atoms with Gasteiger partial charge in [-0.1, -0.05) is 75.0 Å². The van der Waals surface area contributed by atoms with Crippen molar-refractivity contribution in [3.05, 3.63) is 91.4 Å². The molecular weight excluding hydrogens is 587 g/mol. The topological polar surface area (TPSA) is 67.9 Å². The van der Waals surface area contributed by atoms with Crippen LogP contribution in [-0.4, -0.2) is 24.0 Å². The second-order valence-corrected chi connectivity index (χ2v) is 9.86. The number of halogens is 3. The molecular formula is C26H19BrCl2N2O4S. The standard InChI is InChI=1S/C26H19BrCl2N2O4S/c1-14-5-3-6-15(9-14)13-35-22-12-18(27)16(11-21(22)34-2)10-17-24(32)30-26(36)31(25(17)33)20-8-4-7-19(28)23(20)29/h3-12H,13H2,1-2H3,(H,30,32,36)/b17-10+. The molecule has 0 saturated carbocycles. The highest BCUT2D eigenvalue weighted by Crippen LogP contribution is 2.37. The van der Waals surface area contributed by atoms with Crippen LogP contribution in [0.3, 0.4) is 0 Å². The van der Waals surface area contributed by atoms with Crippen LogP contribution in [0, 0.1) is 6.92 Å². The first-order valence-corrected chi connectivity index (χ1v) is 12.6. The maximum Gasteiger partial charge on any atom is 0.270 e. The number of methoxy groups -OCH3 is 1. The molecule has 4 rings (SSSR count). The molecule has 0 atom stereocenters. The van der Waals surface area contributed by atoms with Crippen molar-refractivity contribution >= 4 is 80.0 Å². The van der Waals surface area contributed by atoms with Gasteiger partial charge in [-0.15, -0.1) is 0 Å². The Bertz CT molecular complexity index is 1430. The number of carbonyl (C=O) groups is 2. The third kappa shape index (κ3) is 5.42. The van der Waals surface area contributed by atoms with Crippen molar-refractivity contribution in [1.29, 1.82) is 0 Å². The predicted molar refractivity (Wildman–Crippen MR) is 149 cm³/mol. The van der Waals surface area contributed by atoms with Crippen LogP contribution in [-0.2, 0) is 16.2 Å². The summed E-state index contributed by atoms with van der Waals surface area (Å²) in [6, 6.07) is 16.2. The summed E-state index contributed by atoms with van der Waals surface area (Å²) < 4.78 is 12.1. The van der Waals surface area contributed by atoms with E-state index in [1.54, 1.807) is 30.3 Å². The highest BCUT2D eigenvalue weighted by atomic mass is 79.9. The van der Waals surface area contributed by atoms with Crippen molar-refractivity contribution in [1.82, 2.24) is 5.32 Å². The van der Waals surface area contributed by atoms with Crippen LogP contribution in [0.15, 0.2) is 64.6 Å². The van der Waals surface area contributed by atoms with Crippen LogP contribution in [0.1, 0.15) is 16.7 Å². The molecule has 1 fully saturated rings. The average Bonchev–Trinajstić information content (AvgIpc) is 2.84. The quantitative estimate of drug-likeness (QED) is 0.198. The van der Waals surface area contributed by atoms with E-state index in [0.29, 0.717) is 28.1 Å². The van der Waals surface area contributed by atoms with E-state index in [1.165, 1.54) is 13.2 Å². The number of amides is 2. The fraction of sp³-hybridized carbons (Fsp3) is 0.115. The number of aryl methyl sites for hydroxylation is 1. The van der Waals surface area contributed by atoms with Crippen LogP contribution < -0.4 is 19.7 Å². The van der Waals surface area contributed by atoms with Gasteiger partial charge in [-0.3, -0.25) is 19.8 Å². The zero-order valence-electron chi connectivity index (χ0n) is 19.1. The number of nitrogens with zero attached hydrogens (tertiary/aromatic N) is 1. The summed E-state index contributed by atoms with van der Waals surface area (Å²) in [6.45, 7) is 2.36. The summed E-state index contributed by atoms with van der Waals surface area (Å²) in [4.78, 5) is 27.2. The molecule has 1 aliphatic rings. The van der Waals surface area contributed by atoms with Crippen LogP contribution in [0.4, 0.5) is 5.69 Å². The fourth-order valence-electron chi connectivity index (χ4n) is 3.59. The number of hydrogen-bond acceptors (Lipinski definition) is 5. The van der Waals surface area contributed by atoms with Gasteiger partial charge in [0.15, 0.2) is 16.6 Å². The Morgan fingerprint density at radius 2 is 1.83 bits per heavy atom. The summed E-state index contributed by atoms with van der Waals surface area (Å²) in [5.41, 5.74) is 2.80. The lowest BCUT2D eigenvalue weighted by Gasteiger charge is -2.29. The van der Waals surface area contributed by atoms with E-state index in [9.17, 15) is 9.59 Å². The number of nitrogens with one attached hydrogen (secondary N) is 1. The van der Waals surface area contributed by atoms with Gasteiger partial charge >= 0.3 is 0 Å². The van der Waals surface area contributed by atoms with Gasteiger partial charge in [0.25, 0.3) is 11.8 Å². The summed E-state index contributed by atoms with van der Waals surface area (Å²) >= 11 is 21.2. The number of rotatable bonds is 6. The SMILES string of the molecule is COc1cc(/C=C2\C(=O)NC(=S)N(c3cccc(Cl)c3Cl)C2=O)c(Br)cc1OCc1cccc(C)c1. The average molecular weight is 606 g/mol. The number of anilines is 1. The molecule has 36 heavy (non-hydrogen) atoms. The van der Waals surface area contributed by atoms with E-state index in [2.05, 4.69) is 21.2 Å². The number of thiocarbonyl (C=S) groups is 1. The predicted octanol–water partition coefficient (Wildman–Crippen LogP) is 6.48. The largest absolute Gasteiger partial charge is 0.493 e. The molecule has 3 aromatic carbocycles. The Morgan fingerprint density at radius 1 is 1.08 bits per heavy atom. The minimum atomic E-state index is -0.640. The molecule has 0 spiro atoms. The van der Waals surface area contributed by atoms with Gasteiger partial charge in [-0.25, -0.2) is 0 Å². The fourth-order valence-corrected chi connectivity index (χ4v) is 4.68. The molecule has 0 aliphatic carbocycles. The Morgan fingerprint density at radius 3 is 2.56 bits per heavy atom. The molecule has 0 bridgehead atoms. The third-order valence-electron chi connectivity index (χ3n) is 5.33. The molecule has 1 saturated heterocycles. The van der Waals surface area contributed by atoms with Crippen LogP contribution in [0.5, 0.6) is 11.5 Å². The molecule has 0 unspecified atom stereocenters. The van der Waals surface area contributed by atoms with E-state index in [-0.39, 0.29) is 26.4 Å². The maximum atomic E-state index is 13.4. The first-order chi connectivity index (χ1) is 17.2. The van der Waals surface area contributed by atoms with Gasteiger partial charge in [0.1, 0.15) is 12.2 Å². The highest BCUT2D eigenvalue weighted by Gasteiger charge is 2.36. The first-order valence-electron chi connectivity index (χ1n) is 10.6. The van der Waals surface area contributed by atoms with Crippen molar-refractivity contribution in [3.63, 3.8) is 0 Å². The van der Waals surface area contributed by atoms with Gasteiger partial charge in [0.05, 0.1) is 22.8 Å². The molecule has 3 aromatic rings. The molecule has 1 heterocycles. The molecule has 6 nitrogen and oxygen atoms in total. The first kappa shape index (κ1) is 26.2. The van der Waals surface area contributed by atoms with Gasteiger partial charge in [-0.2, -0.15) is 0 Å². The Kier molecular flexibility index (Phi) is 8.00. The lowest BCUT2D eigenvalue weighted by Crippen LogP contribution is -2.54. The maximum absolute atomic E-state index is 13.4. The zero-order chi connectivity index (χ0) is 26.0. The monoisotopic (exact) mass is 604 g/mol. The lowest BCUT2D eigenvalue weighted by molar-refractivity contribution is -0.122. The summed E-state index contributed by atoms with van der Waals surface area (Å²) in [7, 11) is 1.51. The van der Waals surface area contributed by atoms with Gasteiger partial charge < -0.3 is 9.47 Å². The van der Waals surface area contributed by atoms with E-state index in [4.69, 9.17) is 44.9 Å². The summed E-state index contributed by atoms with van der Waals surface area (Å²) in [5, 5.41) is 2.83. The highest BCUT2D eigenvalue weighted by molar-refractivity contribution is 9.10. The third-order valence-corrected chi connectivity index (χ3v) is 7.11. The Labute approximate surface area is 231 Å². The minimum Gasteiger partial charge on any atom is -0.493 e. The molecule has 184 valence electrons. The molecule has 0 radical (unpaired) electrons. The number of ether oxygens (including phenoxy) is 2. The summed E-state index contributed by atoms with van der Waals surface area (Å²) in [6.07, 6.45) is 1.45. The normalized spacial score (nSPS) is 14.8. The van der Waals surface area contributed by atoms with Gasteiger partial charge in [0, 0.05) is 4.47 Å². The van der Waals surface area contributed by atoms with Crippen LogP contribution in [0.25, 0.3) is 6.08 Å². The molecule has 2 amide bonds. The number of benzene rings is 3. The van der Waals surface area contributed by atoms with E-state index >= 15 is 0 Å². The smallest absolute Gasteiger partial charge is 0.270 e. The summed E-state index contributed by atoms with van der Waals surface area (Å²) in [5.74, 6) is -0.337. The van der Waals surface area contributed by atoms with Crippen molar-refractivity contribution in [2.24, 2.45) is 0 Å². The van der Waals surface area contributed by atoms with Crippen LogP contribution >= 0.6 is 51.3 Å². The van der Waals surface area contributed by atoms with Crippen molar-refractivity contribution in [2.75, 3.05) is 12.0 Å². The number of hydrogen-bond donors (Lipinski definition) is 1. The van der Waals surface area contributed by atoms with Crippen molar-refractivity contribution < 1.29 is 19.1 Å². The molecule has 10 heteroatoms. The van der Waals surface area contributed by atoms with E-state index in [0.717, 1.165) is 16.0 Å². The van der Waals surface area contributed by atoms with Crippen LogP contribution in [0.2, 0.25) is 10.0 Å². The lowest BCUT2D eigenvalue weighted by atomic mass is 10.1. The minimum absolute atomic E-state index is 0.0946. The van der Waals surface area contributed by atoms with E-state index in [1.807, 2.05) is 31.2 Å². The Hall–Kier alpha value is -2.91. The molecule has 1 N–H and O–H groups in total.